The molecule has 0 radical (unpaired) electrons. The van der Waals surface area contributed by atoms with Gasteiger partial charge >= 0.3 is 0 Å². The first-order chi connectivity index (χ1) is 47.1. The van der Waals surface area contributed by atoms with E-state index in [1.165, 1.54) is 54.6 Å². The number of rotatable bonds is 8. The molecule has 0 aliphatic rings. The van der Waals surface area contributed by atoms with E-state index in [9.17, 15) is 0 Å². The molecule has 6 heterocycles. The predicted octanol–water partition coefficient (Wildman–Crippen LogP) is 23.5. The van der Waals surface area contributed by atoms with Crippen LogP contribution in [0.25, 0.3) is 155 Å². The molecule has 0 saturated carbocycles. The topological polar surface area (TPSA) is 71.3 Å². The summed E-state index contributed by atoms with van der Waals surface area (Å²) in [5.41, 5.74) is 22.1. The van der Waals surface area contributed by atoms with Crippen molar-refractivity contribution in [3.63, 3.8) is 0 Å². The SMILES string of the molecule is CC(C)(C)c1cc(-c2nc(-c3cc(C(C)(C)C)cc(C(C)(C)C)c3)nc(-c3ccc(-n4c5ccccc5c5cc6c7ccccc7n(-c7ccccc7)c6cc54)c(-c4cnccc4-n4c5ccccc5c5cc6c7ccccc7n(-c7ccccc7)c6cc54)c3)n2)cc(C(C)(C)C)c1. The van der Waals surface area contributed by atoms with Crippen molar-refractivity contribution in [1.82, 2.24) is 38.2 Å². The molecule has 0 spiro atoms. The zero-order valence-corrected chi connectivity index (χ0v) is 57.8. The third-order valence-corrected chi connectivity index (χ3v) is 20.3. The monoisotopic (exact) mass is 1270 g/mol. The molecule has 8 nitrogen and oxygen atoms in total. The van der Waals surface area contributed by atoms with E-state index < -0.39 is 0 Å². The number of benzene rings is 11. The average molecular weight is 1270 g/mol. The van der Waals surface area contributed by atoms with Crippen molar-refractivity contribution in [3.05, 3.63) is 277 Å². The summed E-state index contributed by atoms with van der Waals surface area (Å²) in [6.07, 6.45) is 4.02. The molecule has 0 unspecified atom stereocenters. The molecule has 8 heteroatoms. The Kier molecular flexibility index (Phi) is 13.7. The number of pyridine rings is 1. The molecule has 98 heavy (non-hydrogen) atoms. The van der Waals surface area contributed by atoms with Gasteiger partial charge in [0.15, 0.2) is 17.5 Å². The average Bonchev–Trinajstić information content (AvgIpc) is 1.57. The van der Waals surface area contributed by atoms with Crippen molar-refractivity contribution >= 4 is 87.2 Å². The van der Waals surface area contributed by atoms with Crippen molar-refractivity contribution in [2.75, 3.05) is 0 Å². The summed E-state index contributed by atoms with van der Waals surface area (Å²) < 4.78 is 9.80. The first-order valence-electron chi connectivity index (χ1n) is 34.3. The summed E-state index contributed by atoms with van der Waals surface area (Å²) in [7, 11) is 0. The van der Waals surface area contributed by atoms with Gasteiger partial charge in [0.2, 0.25) is 0 Å². The minimum Gasteiger partial charge on any atom is -0.309 e. The van der Waals surface area contributed by atoms with Crippen LogP contribution in [-0.2, 0) is 21.7 Å². The molecular formula is C90H78N8. The first kappa shape index (κ1) is 60.4. The molecule has 0 atom stereocenters. The fourth-order valence-electron chi connectivity index (χ4n) is 15.0. The van der Waals surface area contributed by atoms with E-state index in [0.29, 0.717) is 17.5 Å². The summed E-state index contributed by atoms with van der Waals surface area (Å²) >= 11 is 0. The largest absolute Gasteiger partial charge is 0.309 e. The molecule has 6 aromatic heterocycles. The van der Waals surface area contributed by atoms with Gasteiger partial charge in [-0.2, -0.15) is 0 Å². The smallest absolute Gasteiger partial charge is 0.164 e. The summed E-state index contributed by atoms with van der Waals surface area (Å²) in [5.74, 6) is 1.82. The maximum Gasteiger partial charge on any atom is 0.164 e. The summed E-state index contributed by atoms with van der Waals surface area (Å²) in [6, 6.07) is 89.6. The fraction of sp³-hybridized carbons (Fsp3) is 0.178. The Balaban J connectivity index is 0.988. The fourth-order valence-corrected chi connectivity index (χ4v) is 15.0. The van der Waals surface area contributed by atoms with Crippen LogP contribution in [0.5, 0.6) is 0 Å². The van der Waals surface area contributed by atoms with Gasteiger partial charge < -0.3 is 18.3 Å². The number of hydrogen-bond acceptors (Lipinski definition) is 4. The predicted molar refractivity (Wildman–Crippen MR) is 412 cm³/mol. The third-order valence-electron chi connectivity index (χ3n) is 20.3. The standard InChI is InChI=1S/C90H78N8/c1-87(2,3)58-43-56(44-59(48-58)88(4,5)6)85-92-84(93-86(94-85)57-45-60(89(7,8)9)49-61(46-57)90(10,11)12)55-39-40-78(97-76-37-25-21-33-66(76)71-50-69-64-31-19-23-35-74(64)95(80(69)52-82(71)97)62-27-15-13-16-28-62)68(47-55)73-54-91-42-41-79(73)98-77-38-26-22-34-67(77)72-51-70-65-32-20-24-36-75(65)96(81(70)53-83(72)98)63-29-17-14-18-30-63/h13-54H,1-12H3. The van der Waals surface area contributed by atoms with Gasteiger partial charge in [-0.25, -0.2) is 15.0 Å². The molecule has 0 saturated heterocycles. The summed E-state index contributed by atoms with van der Waals surface area (Å²) in [4.78, 5) is 22.1. The summed E-state index contributed by atoms with van der Waals surface area (Å²) in [5, 5.41) is 9.47. The van der Waals surface area contributed by atoms with Gasteiger partial charge in [-0.05, 0) is 165 Å². The minimum atomic E-state index is -0.150. The van der Waals surface area contributed by atoms with E-state index in [2.05, 4.69) is 350 Å². The highest BCUT2D eigenvalue weighted by Gasteiger charge is 2.29. The number of fused-ring (bicyclic) bond motifs is 12. The van der Waals surface area contributed by atoms with Gasteiger partial charge in [0.1, 0.15) is 0 Å². The number of nitrogens with zero attached hydrogens (tertiary/aromatic N) is 8. The lowest BCUT2D eigenvalue weighted by Gasteiger charge is -2.26. The molecule has 0 fully saturated rings. The highest BCUT2D eigenvalue weighted by Crippen LogP contribution is 2.47. The highest BCUT2D eigenvalue weighted by atomic mass is 15.1. The number of aromatic nitrogens is 8. The van der Waals surface area contributed by atoms with E-state index in [0.717, 1.165) is 105 Å². The Morgan fingerprint density at radius 2 is 0.571 bits per heavy atom. The zero-order chi connectivity index (χ0) is 67.3. The zero-order valence-electron chi connectivity index (χ0n) is 57.8. The lowest BCUT2D eigenvalue weighted by atomic mass is 9.79. The molecule has 0 aliphatic heterocycles. The molecule has 11 aromatic carbocycles. The first-order valence-corrected chi connectivity index (χ1v) is 34.3. The van der Waals surface area contributed by atoms with Crippen molar-refractivity contribution in [2.24, 2.45) is 0 Å². The second-order valence-corrected chi connectivity index (χ2v) is 30.9. The van der Waals surface area contributed by atoms with Crippen LogP contribution in [0.15, 0.2) is 255 Å². The molecule has 0 amide bonds. The number of para-hydroxylation sites is 6. The van der Waals surface area contributed by atoms with Crippen LogP contribution in [0.4, 0.5) is 0 Å². The molecule has 17 aromatic rings. The third kappa shape index (κ3) is 9.93. The van der Waals surface area contributed by atoms with E-state index in [4.69, 9.17) is 19.9 Å². The molecule has 0 bridgehead atoms. The maximum atomic E-state index is 5.69. The van der Waals surface area contributed by atoms with Crippen molar-refractivity contribution in [2.45, 2.75) is 105 Å². The molecule has 0 aliphatic carbocycles. The van der Waals surface area contributed by atoms with E-state index >= 15 is 0 Å². The van der Waals surface area contributed by atoms with Gasteiger partial charge in [-0.15, -0.1) is 0 Å². The van der Waals surface area contributed by atoms with Gasteiger partial charge in [-0.3, -0.25) is 4.98 Å². The Hall–Kier alpha value is -11.2. The van der Waals surface area contributed by atoms with Crippen LogP contribution < -0.4 is 0 Å². The Bertz CT molecular complexity index is 5930. The quantitative estimate of drug-likeness (QED) is 0.152. The second-order valence-electron chi connectivity index (χ2n) is 30.9. The van der Waals surface area contributed by atoms with E-state index in [1.807, 2.05) is 6.20 Å². The van der Waals surface area contributed by atoms with Crippen LogP contribution in [-0.4, -0.2) is 38.2 Å². The van der Waals surface area contributed by atoms with Crippen molar-refractivity contribution in [3.8, 4) is 68.0 Å². The minimum absolute atomic E-state index is 0.150. The lowest BCUT2D eigenvalue weighted by Crippen LogP contribution is -2.17. The van der Waals surface area contributed by atoms with Gasteiger partial charge in [0, 0.05) is 94.7 Å². The van der Waals surface area contributed by atoms with E-state index in [1.54, 1.807) is 0 Å². The van der Waals surface area contributed by atoms with Crippen LogP contribution in [0.2, 0.25) is 0 Å². The molecular weight excluding hydrogens is 1190 g/mol. The molecule has 478 valence electrons. The van der Waals surface area contributed by atoms with Gasteiger partial charge in [0.25, 0.3) is 0 Å². The molecule has 17 rings (SSSR count). The second kappa shape index (κ2) is 22.2. The Labute approximate surface area is 572 Å². The Morgan fingerprint density at radius 3 is 0.949 bits per heavy atom. The van der Waals surface area contributed by atoms with Gasteiger partial charge in [0.05, 0.1) is 55.5 Å². The normalized spacial score (nSPS) is 12.7. The van der Waals surface area contributed by atoms with Crippen LogP contribution in [0.3, 0.4) is 0 Å². The maximum absolute atomic E-state index is 5.69. The van der Waals surface area contributed by atoms with Crippen LogP contribution in [0, 0.1) is 0 Å². The van der Waals surface area contributed by atoms with Crippen molar-refractivity contribution in [1.29, 1.82) is 0 Å². The van der Waals surface area contributed by atoms with Gasteiger partial charge in [-0.1, -0.05) is 204 Å². The number of hydrogen-bond donors (Lipinski definition) is 0. The lowest BCUT2D eigenvalue weighted by molar-refractivity contribution is 0.568. The molecule has 0 N–H and O–H groups in total. The Morgan fingerprint density at radius 1 is 0.245 bits per heavy atom. The van der Waals surface area contributed by atoms with Crippen LogP contribution in [0.1, 0.15) is 105 Å². The van der Waals surface area contributed by atoms with Crippen molar-refractivity contribution < 1.29 is 0 Å². The highest BCUT2D eigenvalue weighted by molar-refractivity contribution is 6.21. The van der Waals surface area contributed by atoms with Crippen LogP contribution >= 0.6 is 0 Å². The summed E-state index contributed by atoms with van der Waals surface area (Å²) in [6.45, 7) is 27.5. The van der Waals surface area contributed by atoms with E-state index in [-0.39, 0.29) is 21.7 Å².